The zero-order valence-electron chi connectivity index (χ0n) is 25.4. The van der Waals surface area contributed by atoms with E-state index in [9.17, 15) is 26.3 Å². The summed E-state index contributed by atoms with van der Waals surface area (Å²) in [5.74, 6) is -0.509. The number of rotatable bonds is 7. The summed E-state index contributed by atoms with van der Waals surface area (Å²) < 4.78 is 91.6. The number of fused-ring (bicyclic) bond motifs is 1. The van der Waals surface area contributed by atoms with Crippen molar-refractivity contribution in [2.45, 2.75) is 31.5 Å². The minimum absolute atomic E-state index is 0.0211. The van der Waals surface area contributed by atoms with Crippen LogP contribution in [0.1, 0.15) is 30.7 Å². The molecule has 0 atom stereocenters. The predicted octanol–water partition coefficient (Wildman–Crippen LogP) is 6.34. The molecule has 16 heteroatoms. The standard InChI is InChI=1S/C32H29F6N9O/c33-20-5-7-21(8-6-20)46(25-9-12-39-19-23(25)32(36,37)38)22-10-13-44(14-11-22)29-41-30(45-15-17-48-18-16-45)43-31(42-29)47-26-4-2-1-3-24(26)40-28(47)27(34)35/h1-9,12,19,22,27H,10-11,13-18H2. The third kappa shape index (κ3) is 6.19. The van der Waals surface area contributed by atoms with Crippen molar-refractivity contribution in [1.82, 2.24) is 29.5 Å². The Balaban J connectivity index is 1.25. The number of piperidine rings is 1. The fourth-order valence-electron chi connectivity index (χ4n) is 6.18. The number of nitrogens with zero attached hydrogens (tertiary/aromatic N) is 9. The second-order valence-electron chi connectivity index (χ2n) is 11.4. The first kappa shape index (κ1) is 31.6. The molecule has 5 aromatic rings. The highest BCUT2D eigenvalue weighted by Gasteiger charge is 2.38. The number of anilines is 4. The molecule has 0 bridgehead atoms. The first-order valence-corrected chi connectivity index (χ1v) is 15.3. The van der Waals surface area contributed by atoms with Gasteiger partial charge in [-0.05, 0) is 55.3 Å². The Bertz CT molecular complexity index is 1890. The molecule has 5 heterocycles. The van der Waals surface area contributed by atoms with Gasteiger partial charge in [0.2, 0.25) is 17.8 Å². The van der Waals surface area contributed by atoms with Crippen molar-refractivity contribution in [3.8, 4) is 5.95 Å². The number of halogens is 6. The van der Waals surface area contributed by atoms with E-state index in [4.69, 9.17) is 9.72 Å². The molecule has 2 saturated heterocycles. The van der Waals surface area contributed by atoms with Crippen LogP contribution in [-0.4, -0.2) is 74.9 Å². The lowest BCUT2D eigenvalue weighted by molar-refractivity contribution is -0.137. The van der Waals surface area contributed by atoms with Crippen LogP contribution >= 0.6 is 0 Å². The third-order valence-corrected chi connectivity index (χ3v) is 8.46. The summed E-state index contributed by atoms with van der Waals surface area (Å²) >= 11 is 0. The fourth-order valence-corrected chi connectivity index (χ4v) is 6.18. The lowest BCUT2D eigenvalue weighted by Gasteiger charge is -2.40. The van der Waals surface area contributed by atoms with Gasteiger partial charge in [-0.25, -0.2) is 18.2 Å². The molecule has 3 aromatic heterocycles. The molecule has 0 unspecified atom stereocenters. The number of morpholine rings is 1. The molecule has 0 aliphatic carbocycles. The van der Waals surface area contributed by atoms with Gasteiger partial charge in [0.05, 0.1) is 35.5 Å². The van der Waals surface area contributed by atoms with Gasteiger partial charge < -0.3 is 19.4 Å². The Morgan fingerprint density at radius 2 is 1.44 bits per heavy atom. The second-order valence-corrected chi connectivity index (χ2v) is 11.4. The summed E-state index contributed by atoms with van der Waals surface area (Å²) in [5.41, 5.74) is 0.167. The largest absolute Gasteiger partial charge is 0.419 e. The van der Waals surface area contributed by atoms with Crippen LogP contribution in [0.2, 0.25) is 0 Å². The van der Waals surface area contributed by atoms with Crippen molar-refractivity contribution in [2.24, 2.45) is 0 Å². The Morgan fingerprint density at radius 3 is 2.10 bits per heavy atom. The summed E-state index contributed by atoms with van der Waals surface area (Å²) in [5, 5.41) is 0. The van der Waals surface area contributed by atoms with E-state index in [1.165, 1.54) is 41.1 Å². The van der Waals surface area contributed by atoms with Crippen LogP contribution in [0.4, 0.5) is 49.6 Å². The van der Waals surface area contributed by atoms with Crippen molar-refractivity contribution in [3.05, 3.63) is 84.2 Å². The van der Waals surface area contributed by atoms with Gasteiger partial charge in [-0.2, -0.15) is 28.1 Å². The third-order valence-electron chi connectivity index (χ3n) is 8.46. The molecule has 0 amide bonds. The summed E-state index contributed by atoms with van der Waals surface area (Å²) in [4.78, 5) is 27.2. The first-order chi connectivity index (χ1) is 23.2. The van der Waals surface area contributed by atoms with Gasteiger partial charge in [-0.1, -0.05) is 12.1 Å². The van der Waals surface area contributed by atoms with Crippen LogP contribution in [-0.2, 0) is 10.9 Å². The average Bonchev–Trinajstić information content (AvgIpc) is 3.50. The highest BCUT2D eigenvalue weighted by Crippen LogP contribution is 2.41. The van der Waals surface area contributed by atoms with Crippen LogP contribution in [0.5, 0.6) is 0 Å². The number of pyridine rings is 1. The molecule has 48 heavy (non-hydrogen) atoms. The lowest BCUT2D eigenvalue weighted by atomic mass is 10.0. The molecule has 0 radical (unpaired) electrons. The zero-order chi connectivity index (χ0) is 33.4. The monoisotopic (exact) mass is 669 g/mol. The molecule has 2 fully saturated rings. The number of ether oxygens (including phenoxy) is 1. The van der Waals surface area contributed by atoms with Crippen molar-refractivity contribution >= 4 is 34.3 Å². The van der Waals surface area contributed by atoms with Crippen LogP contribution in [0.3, 0.4) is 0 Å². The Labute approximate surface area is 270 Å². The highest BCUT2D eigenvalue weighted by atomic mass is 19.4. The SMILES string of the molecule is Fc1ccc(N(c2ccncc2C(F)(F)F)C2CCN(c3nc(N4CCOCC4)nc(-n4c(C(F)F)nc5ccccc54)n3)CC2)cc1. The molecule has 2 aliphatic heterocycles. The van der Waals surface area contributed by atoms with Gasteiger partial charge >= 0.3 is 6.18 Å². The molecule has 2 aliphatic rings. The van der Waals surface area contributed by atoms with Crippen molar-refractivity contribution in [1.29, 1.82) is 0 Å². The molecular weight excluding hydrogens is 640 g/mol. The number of imidazole rings is 1. The van der Waals surface area contributed by atoms with E-state index < -0.39 is 35.8 Å². The van der Waals surface area contributed by atoms with E-state index >= 15 is 0 Å². The van der Waals surface area contributed by atoms with E-state index in [1.807, 2.05) is 9.80 Å². The molecule has 0 saturated carbocycles. The minimum Gasteiger partial charge on any atom is -0.378 e. The molecule has 0 N–H and O–H groups in total. The predicted molar refractivity (Wildman–Crippen MR) is 165 cm³/mol. The normalized spacial score (nSPS) is 16.2. The average molecular weight is 670 g/mol. The zero-order valence-corrected chi connectivity index (χ0v) is 25.4. The lowest BCUT2D eigenvalue weighted by Crippen LogP contribution is -2.44. The summed E-state index contributed by atoms with van der Waals surface area (Å²) in [7, 11) is 0. The number of aromatic nitrogens is 6. The molecular formula is C32H29F6N9O. The maximum atomic E-state index is 14.3. The number of para-hydroxylation sites is 2. The number of alkyl halides is 5. The second kappa shape index (κ2) is 12.9. The van der Waals surface area contributed by atoms with Gasteiger partial charge in [0.1, 0.15) is 5.82 Å². The summed E-state index contributed by atoms with van der Waals surface area (Å²) in [6.07, 6.45) is -4.75. The van der Waals surface area contributed by atoms with Gasteiger partial charge in [0, 0.05) is 50.3 Å². The maximum Gasteiger partial charge on any atom is 0.419 e. The van der Waals surface area contributed by atoms with Crippen molar-refractivity contribution in [2.75, 3.05) is 54.1 Å². The number of hydrogen-bond donors (Lipinski definition) is 0. The van der Waals surface area contributed by atoms with Crippen LogP contribution < -0.4 is 14.7 Å². The summed E-state index contributed by atoms with van der Waals surface area (Å²) in [6.45, 7) is 2.49. The van der Waals surface area contributed by atoms with Crippen LogP contribution in [0.25, 0.3) is 17.0 Å². The van der Waals surface area contributed by atoms with E-state index in [0.717, 1.165) is 6.20 Å². The minimum atomic E-state index is -4.67. The smallest absolute Gasteiger partial charge is 0.378 e. The van der Waals surface area contributed by atoms with E-state index in [2.05, 4.69) is 19.9 Å². The quantitative estimate of drug-likeness (QED) is 0.184. The van der Waals surface area contributed by atoms with Crippen LogP contribution in [0, 0.1) is 5.82 Å². The first-order valence-electron chi connectivity index (χ1n) is 15.3. The topological polar surface area (TPSA) is 88.3 Å². The highest BCUT2D eigenvalue weighted by molar-refractivity contribution is 5.77. The molecule has 0 spiro atoms. The van der Waals surface area contributed by atoms with Gasteiger partial charge in [0.15, 0.2) is 5.82 Å². The number of hydrogen-bond acceptors (Lipinski definition) is 9. The Morgan fingerprint density at radius 1 is 0.792 bits per heavy atom. The van der Waals surface area contributed by atoms with Gasteiger partial charge in [-0.15, -0.1) is 0 Å². The molecule has 7 rings (SSSR count). The molecule has 10 nitrogen and oxygen atoms in total. The van der Waals surface area contributed by atoms with E-state index in [-0.39, 0.29) is 23.5 Å². The van der Waals surface area contributed by atoms with E-state index in [1.54, 1.807) is 29.2 Å². The fraction of sp³-hybridized carbons (Fsp3) is 0.344. The molecule has 2 aromatic carbocycles. The van der Waals surface area contributed by atoms with Gasteiger partial charge in [0.25, 0.3) is 6.43 Å². The van der Waals surface area contributed by atoms with Crippen molar-refractivity contribution < 1.29 is 31.1 Å². The summed E-state index contributed by atoms with van der Waals surface area (Å²) in [6, 6.07) is 12.9. The molecule has 250 valence electrons. The Hall–Kier alpha value is -4.99. The van der Waals surface area contributed by atoms with Crippen molar-refractivity contribution in [3.63, 3.8) is 0 Å². The van der Waals surface area contributed by atoms with Crippen LogP contribution in [0.15, 0.2) is 67.0 Å². The van der Waals surface area contributed by atoms with E-state index in [0.29, 0.717) is 69.0 Å². The Kier molecular flexibility index (Phi) is 8.49. The van der Waals surface area contributed by atoms with Gasteiger partial charge in [-0.3, -0.25) is 9.55 Å². The number of benzene rings is 2. The maximum absolute atomic E-state index is 14.3.